The molecule has 144 valence electrons. The standard InChI is InChI=1S/C18H30BFN4O2/c1-6-23-9-7-8-14(11-23)12-24-13-15(21-22-24)10-16(20)19-25-17(2,3)18(4,5)26-19/h10,13-14H,6-9,11-12H2,1-5H3. The number of piperidine rings is 1. The van der Waals surface area contributed by atoms with E-state index in [2.05, 4.69) is 22.1 Å². The third-order valence-electron chi connectivity index (χ3n) is 5.82. The Kier molecular flexibility index (Phi) is 5.56. The van der Waals surface area contributed by atoms with Gasteiger partial charge in [-0.25, -0.2) is 4.39 Å². The average molecular weight is 364 g/mol. The first-order valence-electron chi connectivity index (χ1n) is 9.55. The van der Waals surface area contributed by atoms with Crippen LogP contribution in [-0.4, -0.2) is 57.8 Å². The maximum Gasteiger partial charge on any atom is 0.525 e. The third kappa shape index (κ3) is 4.18. The molecule has 2 saturated heterocycles. The molecule has 8 heteroatoms. The molecule has 1 aromatic heterocycles. The summed E-state index contributed by atoms with van der Waals surface area (Å²) in [7, 11) is -0.999. The SMILES string of the molecule is CCN1CCCC(Cn2cc(C=C(F)B3OC(C)(C)C(C)(C)O3)nn2)C1. The Hall–Kier alpha value is -1.25. The van der Waals surface area contributed by atoms with Crippen LogP contribution in [0.1, 0.15) is 53.2 Å². The summed E-state index contributed by atoms with van der Waals surface area (Å²) in [5.74, 6) is 0.565. The fraction of sp³-hybridized carbons (Fsp3) is 0.778. The maximum absolute atomic E-state index is 14.6. The van der Waals surface area contributed by atoms with Crippen molar-refractivity contribution in [2.24, 2.45) is 5.92 Å². The molecule has 1 unspecified atom stereocenters. The van der Waals surface area contributed by atoms with Gasteiger partial charge in [0.25, 0.3) is 0 Å². The maximum atomic E-state index is 14.6. The molecule has 1 aromatic rings. The molecule has 3 heterocycles. The number of hydrogen-bond acceptors (Lipinski definition) is 5. The van der Waals surface area contributed by atoms with Gasteiger partial charge in [-0.05, 0) is 65.6 Å². The summed E-state index contributed by atoms with van der Waals surface area (Å²) in [4.78, 5) is 2.46. The van der Waals surface area contributed by atoms with Crippen molar-refractivity contribution in [1.29, 1.82) is 0 Å². The van der Waals surface area contributed by atoms with Crippen molar-refractivity contribution >= 4 is 13.2 Å². The minimum Gasteiger partial charge on any atom is -0.398 e. The summed E-state index contributed by atoms with van der Waals surface area (Å²) in [5.41, 5.74) is -1.12. The van der Waals surface area contributed by atoms with Crippen LogP contribution in [0.5, 0.6) is 0 Å². The molecule has 3 rings (SSSR count). The van der Waals surface area contributed by atoms with Gasteiger partial charge in [-0.2, -0.15) is 0 Å². The average Bonchev–Trinajstić information content (AvgIpc) is 3.09. The van der Waals surface area contributed by atoms with Gasteiger partial charge in [-0.3, -0.25) is 4.68 Å². The molecule has 0 amide bonds. The number of rotatable bonds is 5. The van der Waals surface area contributed by atoms with Crippen LogP contribution in [0.2, 0.25) is 0 Å². The fourth-order valence-corrected chi connectivity index (χ4v) is 3.49. The molecule has 0 aliphatic carbocycles. The van der Waals surface area contributed by atoms with Crippen LogP contribution < -0.4 is 0 Å². The van der Waals surface area contributed by atoms with Crippen LogP contribution in [0, 0.1) is 5.92 Å². The lowest BCUT2D eigenvalue weighted by atomic mass is 9.87. The van der Waals surface area contributed by atoms with Gasteiger partial charge in [0.05, 0.1) is 17.4 Å². The van der Waals surface area contributed by atoms with Crippen LogP contribution >= 0.6 is 0 Å². The quantitative estimate of drug-likeness (QED) is 0.752. The topological polar surface area (TPSA) is 52.4 Å². The molecule has 0 bridgehead atoms. The van der Waals surface area contributed by atoms with E-state index in [1.165, 1.54) is 25.5 Å². The van der Waals surface area contributed by atoms with Gasteiger partial charge in [-0.1, -0.05) is 12.1 Å². The van der Waals surface area contributed by atoms with Gasteiger partial charge in [0.2, 0.25) is 0 Å². The normalized spacial score (nSPS) is 26.5. The number of aromatic nitrogens is 3. The highest BCUT2D eigenvalue weighted by Gasteiger charge is 2.53. The number of nitrogens with zero attached hydrogens (tertiary/aromatic N) is 4. The van der Waals surface area contributed by atoms with E-state index >= 15 is 0 Å². The minimum atomic E-state index is -0.999. The molecule has 26 heavy (non-hydrogen) atoms. The molecule has 2 fully saturated rings. The van der Waals surface area contributed by atoms with Crippen LogP contribution in [0.4, 0.5) is 4.39 Å². The lowest BCUT2D eigenvalue weighted by Crippen LogP contribution is -2.41. The van der Waals surface area contributed by atoms with E-state index in [4.69, 9.17) is 9.31 Å². The third-order valence-corrected chi connectivity index (χ3v) is 5.82. The zero-order valence-electron chi connectivity index (χ0n) is 16.5. The Morgan fingerprint density at radius 2 is 2.04 bits per heavy atom. The zero-order valence-corrected chi connectivity index (χ0v) is 16.5. The summed E-state index contributed by atoms with van der Waals surface area (Å²) in [6, 6.07) is 0. The van der Waals surface area contributed by atoms with Gasteiger partial charge >= 0.3 is 7.12 Å². The van der Waals surface area contributed by atoms with Gasteiger partial charge in [0, 0.05) is 13.1 Å². The van der Waals surface area contributed by atoms with Crippen molar-refractivity contribution in [3.63, 3.8) is 0 Å². The second-order valence-corrected chi connectivity index (χ2v) is 8.38. The highest BCUT2D eigenvalue weighted by Crippen LogP contribution is 2.38. The van der Waals surface area contributed by atoms with E-state index in [1.807, 2.05) is 32.4 Å². The number of hydrogen-bond donors (Lipinski definition) is 0. The summed E-state index contributed by atoms with van der Waals surface area (Å²) in [5, 5.41) is 8.23. The summed E-state index contributed by atoms with van der Waals surface area (Å²) >= 11 is 0. The highest BCUT2D eigenvalue weighted by molar-refractivity contribution is 6.54. The Morgan fingerprint density at radius 1 is 1.35 bits per heavy atom. The molecule has 0 aromatic carbocycles. The molecule has 0 N–H and O–H groups in total. The molecule has 0 saturated carbocycles. The predicted molar refractivity (Wildman–Crippen MR) is 100 cm³/mol. The van der Waals surface area contributed by atoms with Gasteiger partial charge in [-0.15, -0.1) is 5.10 Å². The van der Waals surface area contributed by atoms with Crippen molar-refractivity contribution in [3.05, 3.63) is 17.6 Å². The second kappa shape index (κ2) is 7.41. The predicted octanol–water partition coefficient (Wildman–Crippen LogP) is 2.95. The Morgan fingerprint density at radius 3 is 2.69 bits per heavy atom. The first-order valence-corrected chi connectivity index (χ1v) is 9.55. The van der Waals surface area contributed by atoms with Crippen LogP contribution in [0.3, 0.4) is 0 Å². The summed E-state index contributed by atoms with van der Waals surface area (Å²) < 4.78 is 27.8. The van der Waals surface area contributed by atoms with Gasteiger partial charge < -0.3 is 14.2 Å². The smallest absolute Gasteiger partial charge is 0.398 e. The van der Waals surface area contributed by atoms with E-state index < -0.39 is 24.0 Å². The largest absolute Gasteiger partial charge is 0.525 e. The van der Waals surface area contributed by atoms with Crippen molar-refractivity contribution in [2.75, 3.05) is 19.6 Å². The van der Waals surface area contributed by atoms with Crippen molar-refractivity contribution in [3.8, 4) is 0 Å². The first-order chi connectivity index (χ1) is 12.2. The van der Waals surface area contributed by atoms with Crippen molar-refractivity contribution in [1.82, 2.24) is 19.9 Å². The van der Waals surface area contributed by atoms with E-state index in [0.29, 0.717) is 11.6 Å². The molecular formula is C18H30BFN4O2. The van der Waals surface area contributed by atoms with Crippen LogP contribution in [0.15, 0.2) is 11.9 Å². The second-order valence-electron chi connectivity index (χ2n) is 8.38. The van der Waals surface area contributed by atoms with Crippen molar-refractivity contribution in [2.45, 2.75) is 65.2 Å². The monoisotopic (exact) mass is 364 g/mol. The fourth-order valence-electron chi connectivity index (χ4n) is 3.49. The molecule has 2 aliphatic rings. The number of halogens is 1. The van der Waals surface area contributed by atoms with E-state index in [-0.39, 0.29) is 0 Å². The lowest BCUT2D eigenvalue weighted by Gasteiger charge is -2.32. The Labute approximate surface area is 155 Å². The molecule has 0 radical (unpaired) electrons. The molecule has 2 aliphatic heterocycles. The van der Waals surface area contributed by atoms with E-state index in [9.17, 15) is 4.39 Å². The van der Waals surface area contributed by atoms with Gasteiger partial charge in [0.15, 0.2) is 0 Å². The van der Waals surface area contributed by atoms with Crippen LogP contribution in [-0.2, 0) is 15.9 Å². The zero-order chi connectivity index (χ0) is 18.9. The Bertz CT molecular complexity index is 645. The molecule has 6 nitrogen and oxygen atoms in total. The minimum absolute atomic E-state index is 0.481. The molecule has 1 atom stereocenters. The van der Waals surface area contributed by atoms with Crippen LogP contribution in [0.25, 0.3) is 6.08 Å². The summed E-state index contributed by atoms with van der Waals surface area (Å²) in [6.07, 6.45) is 5.56. The van der Waals surface area contributed by atoms with E-state index in [1.54, 1.807) is 6.20 Å². The van der Waals surface area contributed by atoms with Crippen molar-refractivity contribution < 1.29 is 13.7 Å². The first kappa shape index (κ1) is 19.5. The lowest BCUT2D eigenvalue weighted by molar-refractivity contribution is 0.00578. The molecule has 0 spiro atoms. The summed E-state index contributed by atoms with van der Waals surface area (Å²) in [6.45, 7) is 14.0. The number of likely N-dealkylation sites (tertiary alicyclic amines) is 1. The van der Waals surface area contributed by atoms with E-state index in [0.717, 1.165) is 19.6 Å². The highest BCUT2D eigenvalue weighted by atomic mass is 19.1. The van der Waals surface area contributed by atoms with Gasteiger partial charge in [0.1, 0.15) is 11.4 Å². The Balaban J connectivity index is 1.62. The molecular weight excluding hydrogens is 334 g/mol.